The predicted octanol–water partition coefficient (Wildman–Crippen LogP) is -0.344. The van der Waals surface area contributed by atoms with Gasteiger partial charge < -0.3 is 20.9 Å². The quantitative estimate of drug-likeness (QED) is 0.0977. The molecule has 166 valence electrons. The van der Waals surface area contributed by atoms with Gasteiger partial charge in [-0.05, 0) is 33.3 Å². The van der Waals surface area contributed by atoms with E-state index in [1.54, 1.807) is 45.0 Å². The molecule has 0 atom stereocenters. The number of thiophene rings is 1. The summed E-state index contributed by atoms with van der Waals surface area (Å²) in [4.78, 5) is 37.6. The first-order valence-corrected chi connectivity index (χ1v) is 10.4. The molecule has 3 N–H and O–H groups in total. The second-order valence-electron chi connectivity index (χ2n) is 6.80. The third kappa shape index (κ3) is 7.11. The molecule has 1 aromatic heterocycles. The maximum absolute atomic E-state index is 12.9. The summed E-state index contributed by atoms with van der Waals surface area (Å²) in [5, 5.41) is 25.1. The van der Waals surface area contributed by atoms with E-state index in [4.69, 9.17) is 10.5 Å². The van der Waals surface area contributed by atoms with Crippen molar-refractivity contribution >= 4 is 34.0 Å². The molecule has 2 rings (SSSR count). The smallest absolute Gasteiger partial charge is 0.870 e. The number of ether oxygens (including phenoxy) is 1. The molecule has 1 amide bonds. The van der Waals surface area contributed by atoms with Gasteiger partial charge >= 0.3 is 57.4 Å². The van der Waals surface area contributed by atoms with E-state index < -0.39 is 29.0 Å². The number of aryl methyl sites for hydroxylation is 2. The number of hydrogen-bond donors (Lipinski definition) is 2. The third-order valence-corrected chi connectivity index (χ3v) is 5.68. The van der Waals surface area contributed by atoms with Gasteiger partial charge in [0.1, 0.15) is 16.6 Å². The molecule has 0 bridgehead atoms. The Balaban J connectivity index is 0.00000544. The molecule has 0 aliphatic heterocycles. The van der Waals surface area contributed by atoms with E-state index in [1.165, 1.54) is 17.4 Å². The molecule has 0 spiro atoms. The molecule has 1 aromatic carbocycles. The number of nitrogens with zero attached hydrogens (tertiary/aromatic N) is 1. The minimum absolute atomic E-state index is 0. The molecule has 0 unspecified atom stereocenters. The van der Waals surface area contributed by atoms with E-state index in [1.807, 2.05) is 6.92 Å². The van der Waals surface area contributed by atoms with E-state index in [0.29, 0.717) is 11.1 Å². The molecule has 2 aromatic rings. The van der Waals surface area contributed by atoms with Gasteiger partial charge in [0.15, 0.2) is 5.78 Å². The van der Waals surface area contributed by atoms with Gasteiger partial charge in [0.05, 0.1) is 12.2 Å². The fourth-order valence-electron chi connectivity index (χ4n) is 2.73. The molecule has 1 heterocycles. The van der Waals surface area contributed by atoms with Crippen molar-refractivity contribution in [3.8, 4) is 6.07 Å². The molecule has 8 nitrogen and oxygen atoms in total. The summed E-state index contributed by atoms with van der Waals surface area (Å²) in [7, 11) is 0. The zero-order valence-electron chi connectivity index (χ0n) is 19.1. The molecule has 0 aliphatic carbocycles. The Morgan fingerprint density at radius 3 is 2.33 bits per heavy atom. The van der Waals surface area contributed by atoms with Crippen LogP contribution in [-0.2, 0) is 9.53 Å². The monoisotopic (exact) mass is 491 g/mol. The number of esters is 1. The summed E-state index contributed by atoms with van der Waals surface area (Å²) >= 11 is 1.17. The number of carbonyl (C=O) groups is 3. The Morgan fingerprint density at radius 1 is 1.21 bits per heavy atom. The average molecular weight is 492 g/mol. The van der Waals surface area contributed by atoms with Crippen LogP contribution in [0.5, 0.6) is 0 Å². The van der Waals surface area contributed by atoms with E-state index in [2.05, 4.69) is 5.32 Å². The molecule has 0 aliphatic rings. The number of amides is 1. The SMILES string of the molecule is CCOC(=O)c1c(NC(=C\C(=O)c2ccc(C)cc2)/C([O-])=C(\C#N)C(N)=O)sc(C)c1C.[K+]. The molecule has 33 heavy (non-hydrogen) atoms. The van der Waals surface area contributed by atoms with Crippen molar-refractivity contribution in [2.45, 2.75) is 27.7 Å². The number of hydrogen-bond acceptors (Lipinski definition) is 8. The van der Waals surface area contributed by atoms with Crippen LogP contribution in [0.15, 0.2) is 47.4 Å². The van der Waals surface area contributed by atoms with Crippen LogP contribution in [0.3, 0.4) is 0 Å². The summed E-state index contributed by atoms with van der Waals surface area (Å²) in [6, 6.07) is 8.11. The minimum Gasteiger partial charge on any atom is -0.870 e. The Kier molecular flexibility index (Phi) is 11.2. The van der Waals surface area contributed by atoms with Gasteiger partial charge in [0.2, 0.25) is 0 Å². The van der Waals surface area contributed by atoms with Crippen LogP contribution in [0.25, 0.3) is 0 Å². The van der Waals surface area contributed by atoms with Crippen LogP contribution in [0.1, 0.15) is 43.6 Å². The van der Waals surface area contributed by atoms with Crippen molar-refractivity contribution in [3.05, 3.63) is 74.5 Å². The normalized spacial score (nSPS) is 11.5. The van der Waals surface area contributed by atoms with E-state index >= 15 is 0 Å². The van der Waals surface area contributed by atoms with Crippen LogP contribution >= 0.6 is 11.3 Å². The number of benzene rings is 1. The number of rotatable bonds is 8. The van der Waals surface area contributed by atoms with Gasteiger partial charge in [-0.25, -0.2) is 4.79 Å². The Morgan fingerprint density at radius 2 is 1.82 bits per heavy atom. The summed E-state index contributed by atoms with van der Waals surface area (Å²) in [6.07, 6.45) is 0.979. The van der Waals surface area contributed by atoms with Crippen LogP contribution in [0.4, 0.5) is 5.00 Å². The predicted molar refractivity (Wildman–Crippen MR) is 119 cm³/mol. The summed E-state index contributed by atoms with van der Waals surface area (Å²) in [5.41, 5.74) is 6.03. The Labute approximate surface area is 238 Å². The van der Waals surface area contributed by atoms with Crippen molar-refractivity contribution in [1.29, 1.82) is 5.26 Å². The van der Waals surface area contributed by atoms with Crippen molar-refractivity contribution < 1.29 is 75.6 Å². The standard InChI is InChI=1S/C23H23N3O5S.K/c1-5-31-23(30)19-13(3)14(4)32-22(19)26-17(20(28)16(11-24)21(25)29)10-18(27)15-8-6-12(2)7-9-15;/h6-10,26,28H,5H2,1-4H3,(H2,25,29);/q;+1/p-1/b17-10-,20-16-;. The Hall–Kier alpha value is -2.26. The fraction of sp³-hybridized carbons (Fsp3) is 0.217. The van der Waals surface area contributed by atoms with E-state index in [-0.39, 0.29) is 74.3 Å². The molecular formula is C23H22KN3O5S. The second kappa shape index (κ2) is 12.8. The molecule has 0 fully saturated rings. The molecule has 0 saturated carbocycles. The number of ketones is 1. The fourth-order valence-corrected chi connectivity index (χ4v) is 3.79. The topological polar surface area (TPSA) is 145 Å². The summed E-state index contributed by atoms with van der Waals surface area (Å²) < 4.78 is 5.10. The summed E-state index contributed by atoms with van der Waals surface area (Å²) in [5.74, 6) is -3.42. The number of primary amides is 1. The number of nitrogens with one attached hydrogen (secondary N) is 1. The summed E-state index contributed by atoms with van der Waals surface area (Å²) in [6.45, 7) is 7.18. The van der Waals surface area contributed by atoms with E-state index in [9.17, 15) is 24.8 Å². The van der Waals surface area contributed by atoms with Crippen LogP contribution in [0, 0.1) is 32.1 Å². The second-order valence-corrected chi connectivity index (χ2v) is 8.03. The van der Waals surface area contributed by atoms with Gasteiger partial charge in [-0.15, -0.1) is 11.3 Å². The van der Waals surface area contributed by atoms with Gasteiger partial charge in [-0.3, -0.25) is 9.59 Å². The van der Waals surface area contributed by atoms with Crippen LogP contribution in [0.2, 0.25) is 0 Å². The number of nitriles is 1. The first kappa shape index (κ1) is 28.8. The maximum Gasteiger partial charge on any atom is 1.00 e. The zero-order valence-corrected chi connectivity index (χ0v) is 23.0. The molecule has 0 radical (unpaired) electrons. The number of anilines is 1. The zero-order chi connectivity index (χ0) is 24.0. The number of carbonyl (C=O) groups excluding carboxylic acids is 3. The third-order valence-electron chi connectivity index (χ3n) is 4.55. The Bertz CT molecular complexity index is 1170. The molecule has 0 saturated heterocycles. The van der Waals surface area contributed by atoms with Crippen LogP contribution in [-0.4, -0.2) is 24.3 Å². The average Bonchev–Trinajstić information content (AvgIpc) is 3.01. The first-order chi connectivity index (χ1) is 15.1. The van der Waals surface area contributed by atoms with Gasteiger partial charge in [0, 0.05) is 22.2 Å². The van der Waals surface area contributed by atoms with Crippen molar-refractivity contribution in [1.82, 2.24) is 0 Å². The largest absolute Gasteiger partial charge is 1.00 e. The van der Waals surface area contributed by atoms with Crippen molar-refractivity contribution in [2.24, 2.45) is 5.73 Å². The molecule has 10 heteroatoms. The van der Waals surface area contributed by atoms with E-state index in [0.717, 1.165) is 16.5 Å². The van der Waals surface area contributed by atoms with Gasteiger partial charge in [-0.1, -0.05) is 35.6 Å². The number of allylic oxidation sites excluding steroid dienone is 1. The van der Waals surface area contributed by atoms with Crippen molar-refractivity contribution in [2.75, 3.05) is 11.9 Å². The van der Waals surface area contributed by atoms with Gasteiger partial charge in [0.25, 0.3) is 5.91 Å². The minimum atomic E-state index is -1.22. The van der Waals surface area contributed by atoms with Crippen LogP contribution < -0.4 is 67.5 Å². The van der Waals surface area contributed by atoms with Gasteiger partial charge in [-0.2, -0.15) is 5.26 Å². The molecular weight excluding hydrogens is 469 g/mol. The first-order valence-electron chi connectivity index (χ1n) is 9.59. The van der Waals surface area contributed by atoms with Crippen molar-refractivity contribution in [3.63, 3.8) is 0 Å². The number of nitrogens with two attached hydrogens (primary N) is 1. The maximum atomic E-state index is 12.9.